The first-order valence-electron chi connectivity index (χ1n) is 11.0. The summed E-state index contributed by atoms with van der Waals surface area (Å²) in [4.78, 5) is 17.9. The van der Waals surface area contributed by atoms with Gasteiger partial charge in [-0.3, -0.25) is 9.69 Å². The lowest BCUT2D eigenvalue weighted by Gasteiger charge is -2.32. The molecule has 1 amide bonds. The lowest BCUT2D eigenvalue weighted by molar-refractivity contribution is -0.122. The van der Waals surface area contributed by atoms with E-state index in [-0.39, 0.29) is 17.6 Å². The summed E-state index contributed by atoms with van der Waals surface area (Å²) >= 11 is 0. The van der Waals surface area contributed by atoms with Crippen LogP contribution < -0.4 is 5.32 Å². The third-order valence-electron chi connectivity index (χ3n) is 6.81. The van der Waals surface area contributed by atoms with Crippen LogP contribution in [0.1, 0.15) is 49.1 Å². The van der Waals surface area contributed by atoms with Crippen LogP contribution in [0.25, 0.3) is 10.9 Å². The van der Waals surface area contributed by atoms with Crippen molar-refractivity contribution in [3.05, 3.63) is 65.6 Å². The van der Waals surface area contributed by atoms with Gasteiger partial charge in [0.25, 0.3) is 0 Å². The molecule has 2 fully saturated rings. The van der Waals surface area contributed by atoms with Crippen molar-refractivity contribution >= 4 is 22.5 Å². The van der Waals surface area contributed by atoms with E-state index in [9.17, 15) is 9.18 Å². The number of aromatic nitrogens is 1. The van der Waals surface area contributed by atoms with Gasteiger partial charge in [-0.05, 0) is 86.1 Å². The van der Waals surface area contributed by atoms with Crippen LogP contribution in [0.3, 0.4) is 0 Å². The largest absolute Gasteiger partial charge is 0.361 e. The summed E-state index contributed by atoms with van der Waals surface area (Å²) in [5.41, 5.74) is 4.34. The van der Waals surface area contributed by atoms with E-state index < -0.39 is 0 Å². The second-order valence-electron chi connectivity index (χ2n) is 8.80. The molecule has 2 N–H and O–H groups in total. The molecular formula is C25H28FN3O. The van der Waals surface area contributed by atoms with Crippen molar-refractivity contribution in [2.45, 2.75) is 44.6 Å². The first-order chi connectivity index (χ1) is 14.7. The van der Waals surface area contributed by atoms with Gasteiger partial charge in [-0.1, -0.05) is 18.6 Å². The van der Waals surface area contributed by atoms with Crippen molar-refractivity contribution in [2.75, 3.05) is 18.4 Å². The fraction of sp³-hybridized carbons (Fsp3) is 0.400. The third-order valence-corrected chi connectivity index (χ3v) is 6.81. The van der Waals surface area contributed by atoms with Crippen LogP contribution in [-0.4, -0.2) is 28.9 Å². The van der Waals surface area contributed by atoms with Gasteiger partial charge in [0, 0.05) is 35.2 Å². The Labute approximate surface area is 176 Å². The predicted molar refractivity (Wildman–Crippen MR) is 118 cm³/mol. The van der Waals surface area contributed by atoms with Gasteiger partial charge in [-0.15, -0.1) is 0 Å². The highest BCUT2D eigenvalue weighted by atomic mass is 19.1. The summed E-state index contributed by atoms with van der Waals surface area (Å²) in [7, 11) is 0. The first kappa shape index (κ1) is 19.3. The lowest BCUT2D eigenvalue weighted by Crippen LogP contribution is -2.32. The topological polar surface area (TPSA) is 48.1 Å². The summed E-state index contributed by atoms with van der Waals surface area (Å²) in [5.74, 6) is 0.700. The number of H-pyrrole nitrogens is 1. The molecule has 1 aliphatic heterocycles. The molecule has 5 heteroatoms. The van der Waals surface area contributed by atoms with E-state index in [1.165, 1.54) is 23.6 Å². The second-order valence-corrected chi connectivity index (χ2v) is 8.80. The molecule has 0 unspecified atom stereocenters. The molecule has 0 radical (unpaired) electrons. The SMILES string of the molecule is O=C(Nc1cccc(C2CCN(Cc3c[nH]c4cc(F)ccc34)CC2)c1)C1CCC1. The number of hydrogen-bond donors (Lipinski definition) is 2. The molecule has 156 valence electrons. The number of nitrogens with zero attached hydrogens (tertiary/aromatic N) is 1. The maximum atomic E-state index is 13.4. The van der Waals surface area contributed by atoms with Gasteiger partial charge in [0.05, 0.1) is 0 Å². The smallest absolute Gasteiger partial charge is 0.227 e. The van der Waals surface area contributed by atoms with Gasteiger partial charge in [0.2, 0.25) is 5.91 Å². The molecule has 1 saturated carbocycles. The molecule has 2 aliphatic rings. The Morgan fingerprint density at radius 2 is 1.93 bits per heavy atom. The van der Waals surface area contributed by atoms with Crippen molar-refractivity contribution in [2.24, 2.45) is 5.92 Å². The van der Waals surface area contributed by atoms with E-state index in [4.69, 9.17) is 0 Å². The van der Waals surface area contributed by atoms with Crippen LogP contribution in [0.4, 0.5) is 10.1 Å². The summed E-state index contributed by atoms with van der Waals surface area (Å²) in [6.45, 7) is 2.96. The second kappa shape index (κ2) is 8.23. The number of carbonyl (C=O) groups is 1. The predicted octanol–water partition coefficient (Wildman–Crippen LogP) is 5.43. The monoisotopic (exact) mass is 405 g/mol. The van der Waals surface area contributed by atoms with Crippen molar-refractivity contribution < 1.29 is 9.18 Å². The number of halogens is 1. The molecule has 0 spiro atoms. The van der Waals surface area contributed by atoms with Crippen LogP contribution in [0.5, 0.6) is 0 Å². The van der Waals surface area contributed by atoms with Crippen LogP contribution >= 0.6 is 0 Å². The highest BCUT2D eigenvalue weighted by molar-refractivity contribution is 5.93. The normalized spacial score (nSPS) is 18.4. The van der Waals surface area contributed by atoms with E-state index in [0.717, 1.165) is 61.9 Å². The van der Waals surface area contributed by atoms with E-state index in [1.54, 1.807) is 6.07 Å². The average molecular weight is 406 g/mol. The number of carbonyl (C=O) groups excluding carboxylic acids is 1. The minimum absolute atomic E-state index is 0.173. The maximum absolute atomic E-state index is 13.4. The molecule has 4 nitrogen and oxygen atoms in total. The Kier molecular flexibility index (Phi) is 5.30. The van der Waals surface area contributed by atoms with E-state index in [2.05, 4.69) is 33.4 Å². The van der Waals surface area contributed by atoms with Crippen molar-refractivity contribution in [3.8, 4) is 0 Å². The van der Waals surface area contributed by atoms with Crippen LogP contribution in [-0.2, 0) is 11.3 Å². The number of piperidine rings is 1. The molecule has 1 aromatic heterocycles. The van der Waals surface area contributed by atoms with E-state index >= 15 is 0 Å². The molecule has 2 heterocycles. The number of fused-ring (bicyclic) bond motifs is 1. The standard InChI is InChI=1S/C25H28FN3O/c26-21-7-8-23-20(15-27-24(23)14-21)16-29-11-9-17(10-12-29)19-5-2-6-22(13-19)28-25(30)18-3-1-4-18/h2,5-8,13-15,17-18,27H,1,3-4,9-12,16H2,(H,28,30). The Balaban J connectivity index is 1.19. The minimum Gasteiger partial charge on any atom is -0.361 e. The molecule has 0 atom stereocenters. The molecule has 1 aliphatic carbocycles. The fourth-order valence-corrected chi connectivity index (χ4v) is 4.74. The number of aromatic amines is 1. The molecule has 5 rings (SSSR count). The Hall–Kier alpha value is -2.66. The summed E-state index contributed by atoms with van der Waals surface area (Å²) < 4.78 is 13.4. The third kappa shape index (κ3) is 3.99. The number of nitrogens with one attached hydrogen (secondary N) is 2. The number of amides is 1. The van der Waals surface area contributed by atoms with Crippen LogP contribution in [0.15, 0.2) is 48.7 Å². The number of benzene rings is 2. The summed E-state index contributed by atoms with van der Waals surface area (Å²) in [6.07, 6.45) is 7.44. The van der Waals surface area contributed by atoms with Gasteiger partial charge in [-0.2, -0.15) is 0 Å². The van der Waals surface area contributed by atoms with Crippen LogP contribution in [0, 0.1) is 11.7 Å². The molecule has 0 bridgehead atoms. The quantitative estimate of drug-likeness (QED) is 0.595. The zero-order valence-corrected chi connectivity index (χ0v) is 17.2. The molecule has 1 saturated heterocycles. The summed E-state index contributed by atoms with van der Waals surface area (Å²) in [5, 5.41) is 4.21. The number of likely N-dealkylation sites (tertiary alicyclic amines) is 1. The zero-order chi connectivity index (χ0) is 20.5. The Morgan fingerprint density at radius 3 is 2.70 bits per heavy atom. The minimum atomic E-state index is -0.206. The lowest BCUT2D eigenvalue weighted by atomic mass is 9.84. The van der Waals surface area contributed by atoms with Crippen molar-refractivity contribution in [1.29, 1.82) is 0 Å². The highest BCUT2D eigenvalue weighted by Crippen LogP contribution is 2.32. The van der Waals surface area contributed by atoms with Gasteiger partial charge in [-0.25, -0.2) is 4.39 Å². The van der Waals surface area contributed by atoms with E-state index in [1.807, 2.05) is 18.3 Å². The van der Waals surface area contributed by atoms with E-state index in [0.29, 0.717) is 5.92 Å². The van der Waals surface area contributed by atoms with Crippen molar-refractivity contribution in [3.63, 3.8) is 0 Å². The van der Waals surface area contributed by atoms with Crippen molar-refractivity contribution in [1.82, 2.24) is 9.88 Å². The molecular weight excluding hydrogens is 377 g/mol. The molecule has 30 heavy (non-hydrogen) atoms. The Bertz CT molecular complexity index is 1050. The maximum Gasteiger partial charge on any atom is 0.227 e. The first-order valence-corrected chi connectivity index (χ1v) is 11.0. The zero-order valence-electron chi connectivity index (χ0n) is 17.2. The molecule has 2 aromatic carbocycles. The number of hydrogen-bond acceptors (Lipinski definition) is 2. The van der Waals surface area contributed by atoms with Gasteiger partial charge >= 0.3 is 0 Å². The average Bonchev–Trinajstić information content (AvgIpc) is 3.09. The van der Waals surface area contributed by atoms with Gasteiger partial charge in [0.15, 0.2) is 0 Å². The number of rotatable bonds is 5. The fourth-order valence-electron chi connectivity index (χ4n) is 4.74. The van der Waals surface area contributed by atoms with Gasteiger partial charge < -0.3 is 10.3 Å². The summed E-state index contributed by atoms with van der Waals surface area (Å²) in [6, 6.07) is 13.4. The van der Waals surface area contributed by atoms with Gasteiger partial charge in [0.1, 0.15) is 5.82 Å². The number of anilines is 1. The molecule has 3 aromatic rings. The van der Waals surface area contributed by atoms with Crippen LogP contribution in [0.2, 0.25) is 0 Å². The Morgan fingerprint density at radius 1 is 1.10 bits per heavy atom. The highest BCUT2D eigenvalue weighted by Gasteiger charge is 2.26.